The summed E-state index contributed by atoms with van der Waals surface area (Å²) in [5, 5.41) is 11.4. The highest BCUT2D eigenvalue weighted by Crippen LogP contribution is 2.10. The molecule has 1 aromatic rings. The topological polar surface area (TPSA) is 92.4 Å². The van der Waals surface area contributed by atoms with Gasteiger partial charge in [-0.05, 0) is 18.9 Å². The van der Waals surface area contributed by atoms with Crippen LogP contribution in [0.1, 0.15) is 18.1 Å². The number of aliphatic hydroxyl groups excluding tert-OH is 1. The number of nitrogens with one attached hydrogen (secondary N) is 1. The van der Waals surface area contributed by atoms with E-state index in [4.69, 9.17) is 10.8 Å². The van der Waals surface area contributed by atoms with E-state index in [1.165, 1.54) is 0 Å². The molecule has 0 aromatic heterocycles. The lowest BCUT2D eigenvalue weighted by Crippen LogP contribution is -2.48. The summed E-state index contributed by atoms with van der Waals surface area (Å²) in [6.45, 7) is 3.28. The second kappa shape index (κ2) is 6.89. The first-order chi connectivity index (χ1) is 8.93. The number of hydrogen-bond donors (Lipinski definition) is 3. The minimum absolute atomic E-state index is 0.293. The second-order valence-electron chi connectivity index (χ2n) is 4.74. The van der Waals surface area contributed by atoms with Gasteiger partial charge in [0.1, 0.15) is 6.04 Å². The zero-order valence-electron chi connectivity index (χ0n) is 11.2. The lowest BCUT2D eigenvalue weighted by Gasteiger charge is -2.16. The molecule has 0 unspecified atom stereocenters. The summed E-state index contributed by atoms with van der Waals surface area (Å²) < 4.78 is 0. The number of benzene rings is 1. The number of aryl methyl sites for hydroxylation is 1. The Kier molecular flexibility index (Phi) is 5.51. The molecule has 0 spiro atoms. The van der Waals surface area contributed by atoms with E-state index in [1.807, 2.05) is 31.2 Å². The Bertz CT molecular complexity index is 443. The summed E-state index contributed by atoms with van der Waals surface area (Å²) in [6, 6.07) is 6.89. The van der Waals surface area contributed by atoms with Crippen molar-refractivity contribution in [1.29, 1.82) is 0 Å². The van der Waals surface area contributed by atoms with Crippen molar-refractivity contribution in [2.75, 3.05) is 6.61 Å². The van der Waals surface area contributed by atoms with Crippen molar-refractivity contribution < 1.29 is 14.7 Å². The number of carbonyl (C=O) groups excluding carboxylic acids is 2. The predicted octanol–water partition coefficient (Wildman–Crippen LogP) is 0.136. The van der Waals surface area contributed by atoms with Gasteiger partial charge in [-0.2, -0.15) is 0 Å². The molecule has 0 radical (unpaired) electrons. The summed E-state index contributed by atoms with van der Waals surface area (Å²) in [7, 11) is 0. The molecular formula is C14H20N2O3. The van der Waals surface area contributed by atoms with Crippen molar-refractivity contribution in [3.05, 3.63) is 35.4 Å². The summed E-state index contributed by atoms with van der Waals surface area (Å²) in [5.41, 5.74) is 7.26. The summed E-state index contributed by atoms with van der Waals surface area (Å²) in [5.74, 6) is -1.33. The van der Waals surface area contributed by atoms with Crippen LogP contribution in [0.5, 0.6) is 0 Å². The number of primary amides is 1. The Morgan fingerprint density at radius 1 is 1.32 bits per heavy atom. The second-order valence-corrected chi connectivity index (χ2v) is 4.74. The first-order valence-corrected chi connectivity index (χ1v) is 6.20. The van der Waals surface area contributed by atoms with E-state index in [0.717, 1.165) is 11.1 Å². The number of carbonyl (C=O) groups is 2. The van der Waals surface area contributed by atoms with Crippen molar-refractivity contribution in [2.45, 2.75) is 26.3 Å². The molecule has 1 rings (SSSR count). The maximum absolute atomic E-state index is 11.9. The van der Waals surface area contributed by atoms with Crippen LogP contribution < -0.4 is 11.1 Å². The van der Waals surface area contributed by atoms with E-state index in [9.17, 15) is 9.59 Å². The van der Waals surface area contributed by atoms with Gasteiger partial charge >= 0.3 is 0 Å². The molecule has 1 aromatic carbocycles. The third-order valence-electron chi connectivity index (χ3n) is 2.95. The number of rotatable bonds is 6. The number of aliphatic hydroxyl groups is 1. The van der Waals surface area contributed by atoms with Crippen molar-refractivity contribution >= 4 is 11.8 Å². The van der Waals surface area contributed by atoms with Crippen LogP contribution in [-0.2, 0) is 16.0 Å². The average Bonchev–Trinajstić information content (AvgIpc) is 2.37. The van der Waals surface area contributed by atoms with Gasteiger partial charge in [0.25, 0.3) is 0 Å². The van der Waals surface area contributed by atoms with Crippen molar-refractivity contribution in [3.8, 4) is 0 Å². The van der Waals surface area contributed by atoms with E-state index in [0.29, 0.717) is 6.42 Å². The van der Waals surface area contributed by atoms with Crippen LogP contribution >= 0.6 is 0 Å². The Hall–Kier alpha value is -1.88. The van der Waals surface area contributed by atoms with Gasteiger partial charge in [0.15, 0.2) is 0 Å². The van der Waals surface area contributed by atoms with Gasteiger partial charge in [0, 0.05) is 5.92 Å². The minimum Gasteiger partial charge on any atom is -0.394 e. The van der Waals surface area contributed by atoms with Crippen LogP contribution in [0, 0.1) is 12.8 Å². The molecule has 4 N–H and O–H groups in total. The van der Waals surface area contributed by atoms with Gasteiger partial charge in [-0.3, -0.25) is 9.59 Å². The Labute approximate surface area is 112 Å². The molecule has 5 heteroatoms. The Balaban J connectivity index is 2.57. The molecule has 0 fully saturated rings. The van der Waals surface area contributed by atoms with Crippen LogP contribution in [0.4, 0.5) is 0 Å². The van der Waals surface area contributed by atoms with Gasteiger partial charge in [-0.1, -0.05) is 36.8 Å². The molecule has 0 aliphatic heterocycles. The zero-order chi connectivity index (χ0) is 14.4. The lowest BCUT2D eigenvalue weighted by atomic mass is 9.99. The largest absolute Gasteiger partial charge is 0.394 e. The lowest BCUT2D eigenvalue weighted by molar-refractivity contribution is -0.130. The smallest absolute Gasteiger partial charge is 0.242 e. The van der Waals surface area contributed by atoms with Crippen LogP contribution in [0.3, 0.4) is 0 Å². The molecule has 0 heterocycles. The Morgan fingerprint density at radius 2 is 1.89 bits per heavy atom. The maximum Gasteiger partial charge on any atom is 0.242 e. The van der Waals surface area contributed by atoms with E-state index in [1.54, 1.807) is 6.92 Å². The molecule has 0 aliphatic carbocycles. The van der Waals surface area contributed by atoms with E-state index >= 15 is 0 Å². The standard InChI is InChI=1S/C14H20N2O3/c1-9-3-5-11(6-4-9)7-10(2)14(19)16-12(8-17)13(15)18/h3-6,10,12,17H,7-8H2,1-2H3,(H2,15,18)(H,16,19)/t10-,12-/m1/s1. The van der Waals surface area contributed by atoms with Gasteiger partial charge in [-0.25, -0.2) is 0 Å². The molecule has 0 saturated heterocycles. The van der Waals surface area contributed by atoms with Crippen LogP contribution in [0.25, 0.3) is 0 Å². The summed E-state index contributed by atoms with van der Waals surface area (Å²) in [6.07, 6.45) is 0.572. The maximum atomic E-state index is 11.9. The zero-order valence-corrected chi connectivity index (χ0v) is 11.2. The fourth-order valence-corrected chi connectivity index (χ4v) is 1.69. The van der Waals surface area contributed by atoms with Crippen LogP contribution in [-0.4, -0.2) is 29.6 Å². The molecule has 0 aliphatic rings. The normalized spacial score (nSPS) is 13.6. The molecular weight excluding hydrogens is 244 g/mol. The third-order valence-corrected chi connectivity index (χ3v) is 2.95. The highest BCUT2D eigenvalue weighted by Gasteiger charge is 2.20. The molecule has 5 nitrogen and oxygen atoms in total. The molecule has 2 atom stereocenters. The minimum atomic E-state index is -1.02. The molecule has 19 heavy (non-hydrogen) atoms. The first-order valence-electron chi connectivity index (χ1n) is 6.20. The van der Waals surface area contributed by atoms with Crippen LogP contribution in [0.15, 0.2) is 24.3 Å². The van der Waals surface area contributed by atoms with Crippen molar-refractivity contribution in [1.82, 2.24) is 5.32 Å². The highest BCUT2D eigenvalue weighted by atomic mass is 16.3. The first kappa shape index (κ1) is 15.2. The number of hydrogen-bond acceptors (Lipinski definition) is 3. The number of amides is 2. The van der Waals surface area contributed by atoms with Crippen molar-refractivity contribution in [2.24, 2.45) is 11.7 Å². The molecule has 0 saturated carbocycles. The highest BCUT2D eigenvalue weighted by molar-refractivity contribution is 5.87. The Morgan fingerprint density at radius 3 is 2.37 bits per heavy atom. The SMILES string of the molecule is Cc1ccc(C[C@@H](C)C(=O)N[C@H](CO)C(N)=O)cc1. The van der Waals surface area contributed by atoms with Gasteiger partial charge in [-0.15, -0.1) is 0 Å². The molecule has 2 amide bonds. The summed E-state index contributed by atoms with van der Waals surface area (Å²) >= 11 is 0. The third kappa shape index (κ3) is 4.71. The van der Waals surface area contributed by atoms with E-state index < -0.39 is 18.6 Å². The van der Waals surface area contributed by atoms with Gasteiger partial charge in [0.05, 0.1) is 6.61 Å². The van der Waals surface area contributed by atoms with E-state index in [-0.39, 0.29) is 11.8 Å². The van der Waals surface area contributed by atoms with Gasteiger partial charge < -0.3 is 16.2 Å². The average molecular weight is 264 g/mol. The van der Waals surface area contributed by atoms with Crippen LogP contribution in [0.2, 0.25) is 0 Å². The molecule has 0 bridgehead atoms. The quantitative estimate of drug-likeness (QED) is 0.682. The fraction of sp³-hybridized carbons (Fsp3) is 0.429. The number of nitrogens with two attached hydrogens (primary N) is 1. The summed E-state index contributed by atoms with van der Waals surface area (Å²) in [4.78, 5) is 22.8. The van der Waals surface area contributed by atoms with E-state index in [2.05, 4.69) is 5.32 Å². The monoisotopic (exact) mass is 264 g/mol. The predicted molar refractivity (Wildman–Crippen MR) is 72.3 cm³/mol. The molecule has 104 valence electrons. The van der Waals surface area contributed by atoms with Gasteiger partial charge in [0.2, 0.25) is 11.8 Å². The van der Waals surface area contributed by atoms with Crippen molar-refractivity contribution in [3.63, 3.8) is 0 Å². The fourth-order valence-electron chi connectivity index (χ4n) is 1.69.